The van der Waals surface area contributed by atoms with E-state index in [2.05, 4.69) is 5.10 Å². The van der Waals surface area contributed by atoms with E-state index < -0.39 is 10.5 Å². The molecule has 1 aromatic heterocycles. The number of nitrogens with zero attached hydrogens (tertiary/aromatic N) is 3. The summed E-state index contributed by atoms with van der Waals surface area (Å²) in [6.45, 7) is 0.0808. The number of halogens is 2. The quantitative estimate of drug-likeness (QED) is 0.644. The van der Waals surface area contributed by atoms with Crippen LogP contribution in [0.25, 0.3) is 0 Å². The van der Waals surface area contributed by atoms with E-state index in [1.54, 1.807) is 6.07 Å². The van der Waals surface area contributed by atoms with Gasteiger partial charge >= 0.3 is 0 Å². The molecule has 0 spiro atoms. The van der Waals surface area contributed by atoms with Gasteiger partial charge in [0, 0.05) is 12.1 Å². The van der Waals surface area contributed by atoms with Gasteiger partial charge in [0.2, 0.25) is 0 Å². The molecule has 8 heteroatoms. The van der Waals surface area contributed by atoms with Crippen LogP contribution in [0.1, 0.15) is 5.56 Å². The third-order valence-electron chi connectivity index (χ3n) is 2.40. The maximum absolute atomic E-state index is 11.8. The van der Waals surface area contributed by atoms with E-state index in [4.69, 9.17) is 23.2 Å². The first kappa shape index (κ1) is 13.5. The number of aromatic nitrogens is 2. The molecule has 0 amide bonds. The Hall–Kier alpha value is -1.92. The molecule has 98 valence electrons. The molecule has 0 unspecified atom stereocenters. The van der Waals surface area contributed by atoms with Crippen molar-refractivity contribution in [2.24, 2.45) is 0 Å². The molecule has 0 N–H and O–H groups in total. The zero-order chi connectivity index (χ0) is 14.0. The van der Waals surface area contributed by atoms with Crippen molar-refractivity contribution in [3.05, 3.63) is 66.5 Å². The molecule has 0 fully saturated rings. The van der Waals surface area contributed by atoms with Crippen molar-refractivity contribution < 1.29 is 4.92 Å². The summed E-state index contributed by atoms with van der Waals surface area (Å²) in [6, 6.07) is 5.94. The van der Waals surface area contributed by atoms with Gasteiger partial charge in [-0.15, -0.1) is 0 Å². The summed E-state index contributed by atoms with van der Waals surface area (Å²) in [5, 5.41) is 14.4. The Morgan fingerprint density at radius 1 is 1.37 bits per heavy atom. The zero-order valence-corrected chi connectivity index (χ0v) is 10.9. The summed E-state index contributed by atoms with van der Waals surface area (Å²) in [6.07, 6.45) is 1.25. The fraction of sp³-hybridized carbons (Fsp3) is 0.0909. The van der Waals surface area contributed by atoms with Gasteiger partial charge in [0.05, 0.1) is 22.7 Å². The molecule has 0 aliphatic rings. The summed E-state index contributed by atoms with van der Waals surface area (Å²) >= 11 is 11.4. The third-order valence-corrected chi connectivity index (χ3v) is 3.14. The zero-order valence-electron chi connectivity index (χ0n) is 9.42. The number of benzene rings is 1. The molecular weight excluding hydrogens is 293 g/mol. The first-order valence-corrected chi connectivity index (χ1v) is 5.89. The van der Waals surface area contributed by atoms with Crippen LogP contribution < -0.4 is 5.56 Å². The minimum atomic E-state index is -0.541. The Morgan fingerprint density at radius 2 is 2.11 bits per heavy atom. The molecular formula is C11H7Cl2N3O3. The van der Waals surface area contributed by atoms with Crippen molar-refractivity contribution in [3.63, 3.8) is 0 Å². The highest BCUT2D eigenvalue weighted by molar-refractivity contribution is 6.41. The van der Waals surface area contributed by atoms with Gasteiger partial charge < -0.3 is 0 Å². The Labute approximate surface area is 117 Å². The van der Waals surface area contributed by atoms with Crippen molar-refractivity contribution in [3.8, 4) is 0 Å². The Bertz CT molecular complexity index is 700. The second-order valence-electron chi connectivity index (χ2n) is 3.70. The molecule has 1 aromatic carbocycles. The predicted molar refractivity (Wildman–Crippen MR) is 70.7 cm³/mol. The smallest absolute Gasteiger partial charge is 0.266 e. The van der Waals surface area contributed by atoms with Crippen LogP contribution in [0.5, 0.6) is 0 Å². The van der Waals surface area contributed by atoms with Crippen molar-refractivity contribution in [2.45, 2.75) is 6.54 Å². The maximum atomic E-state index is 11.8. The highest BCUT2D eigenvalue weighted by atomic mass is 35.5. The monoisotopic (exact) mass is 299 g/mol. The van der Waals surface area contributed by atoms with Gasteiger partial charge in [0.15, 0.2) is 0 Å². The fourth-order valence-corrected chi connectivity index (χ4v) is 1.77. The van der Waals surface area contributed by atoms with E-state index in [1.807, 2.05) is 0 Å². The van der Waals surface area contributed by atoms with Gasteiger partial charge in [-0.1, -0.05) is 35.3 Å². The standard InChI is InChI=1S/C11H7Cl2N3O3/c12-9-5-14-15(11(17)10(9)13)6-7-2-1-3-8(4-7)16(18)19/h1-5H,6H2. The number of hydrogen-bond acceptors (Lipinski definition) is 4. The van der Waals surface area contributed by atoms with Crippen molar-refractivity contribution in [1.82, 2.24) is 9.78 Å². The molecule has 0 saturated heterocycles. The molecule has 0 bridgehead atoms. The number of nitro benzene ring substituents is 1. The topological polar surface area (TPSA) is 78.0 Å². The van der Waals surface area contributed by atoms with Crippen LogP contribution in [-0.4, -0.2) is 14.7 Å². The molecule has 19 heavy (non-hydrogen) atoms. The first-order chi connectivity index (χ1) is 8.99. The lowest BCUT2D eigenvalue weighted by Gasteiger charge is -2.05. The van der Waals surface area contributed by atoms with Gasteiger partial charge in [0.1, 0.15) is 5.02 Å². The number of hydrogen-bond donors (Lipinski definition) is 0. The molecule has 1 heterocycles. The largest absolute Gasteiger partial charge is 0.287 e. The Morgan fingerprint density at radius 3 is 2.79 bits per heavy atom. The minimum Gasteiger partial charge on any atom is -0.266 e. The second-order valence-corrected chi connectivity index (χ2v) is 4.48. The molecule has 0 radical (unpaired) electrons. The fourth-order valence-electron chi connectivity index (χ4n) is 1.50. The highest BCUT2D eigenvalue weighted by Gasteiger charge is 2.10. The van der Waals surface area contributed by atoms with E-state index in [0.29, 0.717) is 5.56 Å². The van der Waals surface area contributed by atoms with Crippen LogP contribution in [0.15, 0.2) is 35.3 Å². The average molecular weight is 300 g/mol. The van der Waals surface area contributed by atoms with Crippen molar-refractivity contribution in [1.29, 1.82) is 0 Å². The first-order valence-electron chi connectivity index (χ1n) is 5.13. The molecule has 2 aromatic rings. The number of non-ortho nitro benzene ring substituents is 1. The maximum Gasteiger partial charge on any atom is 0.287 e. The van der Waals surface area contributed by atoms with Crippen molar-refractivity contribution in [2.75, 3.05) is 0 Å². The van der Waals surface area contributed by atoms with Crippen LogP contribution in [0.4, 0.5) is 5.69 Å². The molecule has 0 aliphatic carbocycles. The summed E-state index contributed by atoms with van der Waals surface area (Å²) < 4.78 is 1.09. The average Bonchev–Trinajstić information content (AvgIpc) is 2.40. The molecule has 0 saturated carbocycles. The van der Waals surface area contributed by atoms with Gasteiger partial charge in [-0.25, -0.2) is 4.68 Å². The lowest BCUT2D eigenvalue weighted by atomic mass is 10.2. The lowest BCUT2D eigenvalue weighted by molar-refractivity contribution is -0.384. The predicted octanol–water partition coefficient (Wildman–Crippen LogP) is 2.51. The van der Waals surface area contributed by atoms with Crippen molar-refractivity contribution >= 4 is 28.9 Å². The van der Waals surface area contributed by atoms with E-state index >= 15 is 0 Å². The summed E-state index contributed by atoms with van der Waals surface area (Å²) in [5.41, 5.74) is -0.0199. The number of nitro groups is 1. The molecule has 6 nitrogen and oxygen atoms in total. The van der Waals surface area contributed by atoms with E-state index in [0.717, 1.165) is 4.68 Å². The lowest BCUT2D eigenvalue weighted by Crippen LogP contribution is -2.23. The molecule has 0 atom stereocenters. The van der Waals surface area contributed by atoms with Crippen LogP contribution >= 0.6 is 23.2 Å². The van der Waals surface area contributed by atoms with Gasteiger partial charge in [-0.3, -0.25) is 14.9 Å². The third kappa shape index (κ3) is 2.91. The van der Waals surface area contributed by atoms with E-state index in [1.165, 1.54) is 24.4 Å². The van der Waals surface area contributed by atoms with Gasteiger partial charge in [0.25, 0.3) is 11.2 Å². The number of rotatable bonds is 3. The Kier molecular flexibility index (Phi) is 3.82. The normalized spacial score (nSPS) is 10.4. The summed E-state index contributed by atoms with van der Waals surface area (Å²) in [7, 11) is 0. The Balaban J connectivity index is 2.37. The van der Waals surface area contributed by atoms with Crippen LogP contribution in [0.3, 0.4) is 0 Å². The second kappa shape index (κ2) is 5.38. The SMILES string of the molecule is O=c1c(Cl)c(Cl)cnn1Cc1cccc([N+](=O)[O-])c1. The summed E-state index contributed by atoms with van der Waals surface area (Å²) in [4.78, 5) is 21.9. The van der Waals surface area contributed by atoms with Gasteiger partial charge in [-0.05, 0) is 5.56 Å². The summed E-state index contributed by atoms with van der Waals surface area (Å²) in [5.74, 6) is 0. The van der Waals surface area contributed by atoms with Crippen LogP contribution in [0.2, 0.25) is 10.0 Å². The van der Waals surface area contributed by atoms with Crippen LogP contribution in [-0.2, 0) is 6.54 Å². The minimum absolute atomic E-state index is 0.0504. The molecule has 0 aliphatic heterocycles. The highest BCUT2D eigenvalue weighted by Crippen LogP contribution is 2.16. The van der Waals surface area contributed by atoms with E-state index in [-0.39, 0.29) is 22.3 Å². The molecule has 2 rings (SSSR count). The van der Waals surface area contributed by atoms with Gasteiger partial charge in [-0.2, -0.15) is 5.10 Å². The van der Waals surface area contributed by atoms with E-state index in [9.17, 15) is 14.9 Å². The van der Waals surface area contributed by atoms with Crippen LogP contribution in [0, 0.1) is 10.1 Å².